The monoisotopic (exact) mass is 325 g/mol. The van der Waals surface area contributed by atoms with E-state index >= 15 is 0 Å². The molecule has 7 nitrogen and oxygen atoms in total. The molecule has 1 N–H and O–H groups in total. The second kappa shape index (κ2) is 7.08. The van der Waals surface area contributed by atoms with Crippen LogP contribution in [0.4, 0.5) is 0 Å². The van der Waals surface area contributed by atoms with Gasteiger partial charge in [-0.3, -0.25) is 18.8 Å². The number of hydrogen-bond acceptors (Lipinski definition) is 4. The number of benzene rings is 1. The van der Waals surface area contributed by atoms with Crippen molar-refractivity contribution in [3.63, 3.8) is 0 Å². The standard InChI is InChI=1S/C17H19N5O2/c1-13-5-2-6-14-16(13)19-12-21(17(14)24)11-15(23)18-7-3-9-22-10-4-8-20-22/h2,4-6,8,10,12H,3,7,9,11H2,1H3,(H,18,23). The molecule has 3 aromatic rings. The van der Waals surface area contributed by atoms with Crippen LogP contribution >= 0.6 is 0 Å². The number of hydrogen-bond donors (Lipinski definition) is 1. The van der Waals surface area contributed by atoms with Gasteiger partial charge in [0.2, 0.25) is 5.91 Å². The molecule has 0 saturated heterocycles. The maximum Gasteiger partial charge on any atom is 0.261 e. The molecule has 0 fully saturated rings. The average molecular weight is 325 g/mol. The fourth-order valence-electron chi connectivity index (χ4n) is 2.56. The zero-order valence-corrected chi connectivity index (χ0v) is 13.5. The van der Waals surface area contributed by atoms with E-state index in [0.717, 1.165) is 18.5 Å². The summed E-state index contributed by atoms with van der Waals surface area (Å²) in [6.07, 6.45) is 5.81. The smallest absolute Gasteiger partial charge is 0.261 e. The average Bonchev–Trinajstić information content (AvgIpc) is 3.08. The molecule has 1 aromatic carbocycles. The Morgan fingerprint density at radius 3 is 2.96 bits per heavy atom. The van der Waals surface area contributed by atoms with Gasteiger partial charge >= 0.3 is 0 Å². The first-order valence-corrected chi connectivity index (χ1v) is 7.84. The largest absolute Gasteiger partial charge is 0.354 e. The van der Waals surface area contributed by atoms with Crippen LogP contribution in [0.25, 0.3) is 10.9 Å². The van der Waals surface area contributed by atoms with Crippen molar-refractivity contribution in [2.75, 3.05) is 6.54 Å². The predicted octanol–water partition coefficient (Wildman–Crippen LogP) is 1.11. The molecule has 2 heterocycles. The third-order valence-corrected chi connectivity index (χ3v) is 3.81. The van der Waals surface area contributed by atoms with Crippen molar-refractivity contribution in [1.29, 1.82) is 0 Å². The number of para-hydroxylation sites is 1. The van der Waals surface area contributed by atoms with E-state index in [1.165, 1.54) is 10.9 Å². The van der Waals surface area contributed by atoms with Crippen LogP contribution in [-0.4, -0.2) is 31.8 Å². The Balaban J connectivity index is 1.59. The molecule has 3 rings (SSSR count). The lowest BCUT2D eigenvalue weighted by molar-refractivity contribution is -0.121. The number of carbonyl (C=O) groups excluding carboxylic acids is 1. The Hall–Kier alpha value is -2.96. The molecule has 24 heavy (non-hydrogen) atoms. The van der Waals surface area contributed by atoms with Crippen LogP contribution < -0.4 is 10.9 Å². The van der Waals surface area contributed by atoms with Crippen LogP contribution in [0, 0.1) is 6.92 Å². The summed E-state index contributed by atoms with van der Waals surface area (Å²) in [7, 11) is 0. The molecule has 2 aromatic heterocycles. The first kappa shape index (κ1) is 15.9. The minimum absolute atomic E-state index is 0.0303. The summed E-state index contributed by atoms with van der Waals surface area (Å²) in [5.41, 5.74) is 1.42. The Labute approximate surface area is 138 Å². The summed E-state index contributed by atoms with van der Waals surface area (Å²) < 4.78 is 3.15. The van der Waals surface area contributed by atoms with Crippen molar-refractivity contribution in [2.45, 2.75) is 26.4 Å². The molecule has 0 atom stereocenters. The van der Waals surface area contributed by atoms with Gasteiger partial charge in [0.1, 0.15) is 6.54 Å². The molecule has 0 unspecified atom stereocenters. The number of nitrogens with zero attached hydrogens (tertiary/aromatic N) is 4. The van der Waals surface area contributed by atoms with E-state index in [1.54, 1.807) is 12.3 Å². The van der Waals surface area contributed by atoms with E-state index in [2.05, 4.69) is 15.4 Å². The molecule has 7 heteroatoms. The van der Waals surface area contributed by atoms with E-state index in [0.29, 0.717) is 17.4 Å². The Morgan fingerprint density at radius 1 is 1.29 bits per heavy atom. The first-order chi connectivity index (χ1) is 11.6. The van der Waals surface area contributed by atoms with Gasteiger partial charge in [0.25, 0.3) is 5.56 Å². The second-order valence-electron chi connectivity index (χ2n) is 5.62. The molecule has 0 aliphatic rings. The molecule has 0 spiro atoms. The van der Waals surface area contributed by atoms with Gasteiger partial charge in [0.15, 0.2) is 0 Å². The highest BCUT2D eigenvalue weighted by atomic mass is 16.2. The molecule has 0 aliphatic heterocycles. The summed E-state index contributed by atoms with van der Waals surface area (Å²) in [6.45, 7) is 3.15. The number of aromatic nitrogens is 4. The molecule has 0 radical (unpaired) electrons. The summed E-state index contributed by atoms with van der Waals surface area (Å²) in [5.74, 6) is -0.202. The van der Waals surface area contributed by atoms with E-state index in [4.69, 9.17) is 0 Å². The van der Waals surface area contributed by atoms with Gasteiger partial charge in [0, 0.05) is 25.5 Å². The molecule has 0 bridgehead atoms. The minimum atomic E-state index is -0.202. The van der Waals surface area contributed by atoms with E-state index in [9.17, 15) is 9.59 Å². The summed E-state index contributed by atoms with van der Waals surface area (Å²) >= 11 is 0. The van der Waals surface area contributed by atoms with Crippen molar-refractivity contribution < 1.29 is 4.79 Å². The SMILES string of the molecule is Cc1cccc2c(=O)n(CC(=O)NCCCn3cccn3)cnc12. The predicted molar refractivity (Wildman–Crippen MR) is 90.6 cm³/mol. The molecule has 0 aliphatic carbocycles. The topological polar surface area (TPSA) is 81.8 Å². The van der Waals surface area contributed by atoms with Crippen LogP contribution in [0.1, 0.15) is 12.0 Å². The van der Waals surface area contributed by atoms with Crippen LogP contribution in [0.5, 0.6) is 0 Å². The highest BCUT2D eigenvalue weighted by Gasteiger charge is 2.08. The lowest BCUT2D eigenvalue weighted by Crippen LogP contribution is -2.33. The van der Waals surface area contributed by atoms with E-state index in [-0.39, 0.29) is 18.0 Å². The van der Waals surface area contributed by atoms with Crippen molar-refractivity contribution in [1.82, 2.24) is 24.6 Å². The Bertz CT molecular complexity index is 899. The van der Waals surface area contributed by atoms with Gasteiger partial charge in [-0.25, -0.2) is 4.98 Å². The first-order valence-electron chi connectivity index (χ1n) is 7.84. The molecule has 1 amide bonds. The van der Waals surface area contributed by atoms with Crippen LogP contribution in [-0.2, 0) is 17.9 Å². The maximum absolute atomic E-state index is 12.4. The highest BCUT2D eigenvalue weighted by molar-refractivity contribution is 5.81. The van der Waals surface area contributed by atoms with Gasteiger partial charge in [-0.1, -0.05) is 12.1 Å². The number of nitrogens with one attached hydrogen (secondary N) is 1. The molecule has 124 valence electrons. The quantitative estimate of drug-likeness (QED) is 0.688. The summed E-state index contributed by atoms with van der Waals surface area (Å²) in [5, 5.41) is 7.44. The number of fused-ring (bicyclic) bond motifs is 1. The Morgan fingerprint density at radius 2 is 2.17 bits per heavy atom. The third kappa shape index (κ3) is 3.51. The normalized spacial score (nSPS) is 10.9. The zero-order valence-electron chi connectivity index (χ0n) is 13.5. The highest BCUT2D eigenvalue weighted by Crippen LogP contribution is 2.10. The van der Waals surface area contributed by atoms with E-state index in [1.807, 2.05) is 36.0 Å². The van der Waals surface area contributed by atoms with Gasteiger partial charge in [0.05, 0.1) is 17.2 Å². The maximum atomic E-state index is 12.4. The summed E-state index contributed by atoms with van der Waals surface area (Å²) in [4.78, 5) is 28.7. The van der Waals surface area contributed by atoms with Gasteiger partial charge < -0.3 is 5.32 Å². The van der Waals surface area contributed by atoms with Crippen LogP contribution in [0.2, 0.25) is 0 Å². The summed E-state index contributed by atoms with van der Waals surface area (Å²) in [6, 6.07) is 7.32. The Kier molecular flexibility index (Phi) is 4.69. The van der Waals surface area contributed by atoms with Gasteiger partial charge in [-0.15, -0.1) is 0 Å². The van der Waals surface area contributed by atoms with Crippen molar-refractivity contribution >= 4 is 16.8 Å². The van der Waals surface area contributed by atoms with E-state index < -0.39 is 0 Å². The molecular formula is C17H19N5O2. The lowest BCUT2D eigenvalue weighted by atomic mass is 10.1. The zero-order chi connectivity index (χ0) is 16.9. The molecule has 0 saturated carbocycles. The number of amides is 1. The number of rotatable bonds is 6. The van der Waals surface area contributed by atoms with Crippen LogP contribution in [0.3, 0.4) is 0 Å². The van der Waals surface area contributed by atoms with Gasteiger partial charge in [-0.2, -0.15) is 5.10 Å². The fraction of sp³-hybridized carbons (Fsp3) is 0.294. The third-order valence-electron chi connectivity index (χ3n) is 3.81. The number of carbonyl (C=O) groups is 1. The number of aryl methyl sites for hydroxylation is 2. The van der Waals surface area contributed by atoms with Crippen molar-refractivity contribution in [2.24, 2.45) is 0 Å². The fourth-order valence-corrected chi connectivity index (χ4v) is 2.56. The van der Waals surface area contributed by atoms with Gasteiger partial charge in [-0.05, 0) is 31.0 Å². The van der Waals surface area contributed by atoms with Crippen molar-refractivity contribution in [3.05, 3.63) is 58.9 Å². The minimum Gasteiger partial charge on any atom is -0.354 e. The van der Waals surface area contributed by atoms with Crippen molar-refractivity contribution in [3.8, 4) is 0 Å². The van der Waals surface area contributed by atoms with Crippen LogP contribution in [0.15, 0.2) is 47.8 Å². The lowest BCUT2D eigenvalue weighted by Gasteiger charge is -2.09. The molecular weight excluding hydrogens is 306 g/mol. The second-order valence-corrected chi connectivity index (χ2v) is 5.62.